The maximum Gasteiger partial charge on any atom is 0.404 e. The average Bonchev–Trinajstić information content (AvgIpc) is 3.21. The fourth-order valence-electron chi connectivity index (χ4n) is 3.37. The number of nitrogens with zero attached hydrogens (tertiary/aromatic N) is 3. The van der Waals surface area contributed by atoms with Gasteiger partial charge in [0.2, 0.25) is 0 Å². The van der Waals surface area contributed by atoms with Gasteiger partial charge in [-0.05, 0) is 37.1 Å². The van der Waals surface area contributed by atoms with E-state index in [9.17, 15) is 14.7 Å². The van der Waals surface area contributed by atoms with Crippen LogP contribution >= 0.6 is 0 Å². The zero-order chi connectivity index (χ0) is 23.3. The first kappa shape index (κ1) is 23.1. The van der Waals surface area contributed by atoms with E-state index in [1.807, 2.05) is 49.2 Å². The molecule has 0 saturated heterocycles. The van der Waals surface area contributed by atoms with E-state index >= 15 is 0 Å². The average molecular weight is 441 g/mol. The summed E-state index contributed by atoms with van der Waals surface area (Å²) in [6.07, 6.45) is -2.03. The molecule has 2 atom stereocenters. The van der Waals surface area contributed by atoms with Crippen molar-refractivity contribution in [3.8, 4) is 0 Å². The summed E-state index contributed by atoms with van der Waals surface area (Å²) in [5, 5.41) is 22.2. The van der Waals surface area contributed by atoms with E-state index in [1.165, 1.54) is 4.90 Å². The van der Waals surface area contributed by atoms with Crippen LogP contribution in [-0.4, -0.2) is 71.4 Å². The molecule has 0 fully saturated rings. The number of aromatic nitrogens is 1. The second-order valence-electron chi connectivity index (χ2n) is 7.69. The number of hydrogen-bond acceptors (Lipinski definition) is 6. The van der Waals surface area contributed by atoms with Gasteiger partial charge in [0.25, 0.3) is 11.9 Å². The van der Waals surface area contributed by atoms with Crippen LogP contribution in [0.25, 0.3) is 11.1 Å². The maximum atomic E-state index is 12.9. The topological polar surface area (TPSA) is 119 Å². The van der Waals surface area contributed by atoms with Crippen molar-refractivity contribution in [3.05, 3.63) is 59.7 Å². The van der Waals surface area contributed by atoms with Gasteiger partial charge < -0.3 is 29.7 Å². The van der Waals surface area contributed by atoms with Crippen LogP contribution in [0, 0.1) is 0 Å². The molecule has 9 nitrogen and oxygen atoms in total. The van der Waals surface area contributed by atoms with Gasteiger partial charge in [-0.25, -0.2) is 4.79 Å². The Morgan fingerprint density at radius 3 is 2.53 bits per heavy atom. The van der Waals surface area contributed by atoms with Gasteiger partial charge in [-0.1, -0.05) is 30.3 Å². The molecular weight excluding hydrogens is 412 g/mol. The smallest absolute Gasteiger partial charge is 0.404 e. The molecule has 0 bridgehead atoms. The minimum atomic E-state index is -1.23. The second kappa shape index (κ2) is 10.1. The molecule has 0 aliphatic carbocycles. The number of hydrogen-bond donors (Lipinski definition) is 3. The Labute approximate surface area is 186 Å². The molecule has 0 saturated carbocycles. The Hall–Kier alpha value is -3.59. The lowest BCUT2D eigenvalue weighted by molar-refractivity contribution is 0.0600. The SMILES string of the molecule is CCN(C)c1nc2ccc(C(=O)N(C)C[C@@H](O)[C@H](Cc3ccccc3)NC(=O)O)cc2o1. The number of fused-ring (bicyclic) bond motifs is 1. The van der Waals surface area contributed by atoms with Crippen molar-refractivity contribution in [1.82, 2.24) is 15.2 Å². The van der Waals surface area contributed by atoms with Crippen LogP contribution in [0.5, 0.6) is 0 Å². The molecule has 2 aromatic carbocycles. The molecule has 3 N–H and O–H groups in total. The Morgan fingerprint density at radius 2 is 1.88 bits per heavy atom. The Balaban J connectivity index is 1.71. The Bertz CT molecular complexity index is 1070. The van der Waals surface area contributed by atoms with Gasteiger partial charge in [0.05, 0.1) is 12.1 Å². The van der Waals surface area contributed by atoms with Crippen molar-refractivity contribution in [2.75, 3.05) is 32.1 Å². The van der Waals surface area contributed by atoms with Crippen molar-refractivity contribution < 1.29 is 24.2 Å². The summed E-state index contributed by atoms with van der Waals surface area (Å²) in [5.74, 6) is -0.318. The number of likely N-dealkylation sites (N-methyl/N-ethyl adjacent to an activating group) is 1. The molecule has 9 heteroatoms. The first-order valence-corrected chi connectivity index (χ1v) is 10.4. The number of oxazole rings is 1. The number of benzene rings is 2. The van der Waals surface area contributed by atoms with E-state index in [1.54, 1.807) is 25.2 Å². The standard InChI is InChI=1S/C23H28N4O5/c1-4-26(2)22-24-17-11-10-16(13-20(17)32-22)21(29)27(3)14-19(28)18(25-23(30)31)12-15-8-6-5-7-9-15/h5-11,13,18-19,25,28H,4,12,14H2,1-3H3,(H,30,31)/t18-,19+/m0/s1. The van der Waals surface area contributed by atoms with Crippen molar-refractivity contribution in [2.45, 2.75) is 25.5 Å². The third-order valence-corrected chi connectivity index (χ3v) is 5.30. The van der Waals surface area contributed by atoms with Crippen LogP contribution in [0.15, 0.2) is 52.9 Å². The van der Waals surface area contributed by atoms with E-state index in [-0.39, 0.29) is 12.5 Å². The highest BCUT2D eigenvalue weighted by atomic mass is 16.4. The zero-order valence-electron chi connectivity index (χ0n) is 18.4. The first-order valence-electron chi connectivity index (χ1n) is 10.4. The summed E-state index contributed by atoms with van der Waals surface area (Å²) >= 11 is 0. The summed E-state index contributed by atoms with van der Waals surface area (Å²) in [7, 11) is 3.43. The van der Waals surface area contributed by atoms with Crippen molar-refractivity contribution in [1.29, 1.82) is 0 Å². The molecule has 3 rings (SSSR count). The highest BCUT2D eigenvalue weighted by Gasteiger charge is 2.25. The third-order valence-electron chi connectivity index (χ3n) is 5.30. The molecule has 170 valence electrons. The number of anilines is 1. The molecule has 1 aromatic heterocycles. The van der Waals surface area contributed by atoms with Gasteiger partial charge in [0.15, 0.2) is 5.58 Å². The summed E-state index contributed by atoms with van der Waals surface area (Å²) < 4.78 is 5.74. The summed E-state index contributed by atoms with van der Waals surface area (Å²) in [6.45, 7) is 2.66. The number of rotatable bonds is 9. The molecule has 0 radical (unpaired) electrons. The normalized spacial score (nSPS) is 12.9. The van der Waals surface area contributed by atoms with E-state index in [2.05, 4.69) is 10.3 Å². The number of carboxylic acid groups (broad SMARTS) is 1. The quantitative estimate of drug-likeness (QED) is 0.468. The van der Waals surface area contributed by atoms with Gasteiger partial charge in [-0.2, -0.15) is 4.98 Å². The second-order valence-corrected chi connectivity index (χ2v) is 7.69. The van der Waals surface area contributed by atoms with Gasteiger partial charge in [0.1, 0.15) is 5.52 Å². The number of carbonyl (C=O) groups excluding carboxylic acids is 1. The van der Waals surface area contributed by atoms with Crippen LogP contribution in [0.4, 0.5) is 10.8 Å². The minimum absolute atomic E-state index is 0.0467. The number of carbonyl (C=O) groups is 2. The number of amides is 2. The van der Waals surface area contributed by atoms with Crippen LogP contribution in [0.2, 0.25) is 0 Å². The van der Waals surface area contributed by atoms with Crippen molar-refractivity contribution >= 4 is 29.1 Å². The largest absolute Gasteiger partial charge is 0.465 e. The van der Waals surface area contributed by atoms with Crippen LogP contribution < -0.4 is 10.2 Å². The Morgan fingerprint density at radius 1 is 1.16 bits per heavy atom. The summed E-state index contributed by atoms with van der Waals surface area (Å²) in [5.41, 5.74) is 2.41. The highest BCUT2D eigenvalue weighted by molar-refractivity contribution is 5.97. The van der Waals surface area contributed by atoms with E-state index in [4.69, 9.17) is 9.52 Å². The van der Waals surface area contributed by atoms with Gasteiger partial charge in [-0.3, -0.25) is 4.79 Å². The number of aliphatic hydroxyl groups excluding tert-OH is 1. The maximum absolute atomic E-state index is 12.9. The number of aliphatic hydroxyl groups is 1. The molecular formula is C23H28N4O5. The molecule has 32 heavy (non-hydrogen) atoms. The molecule has 0 spiro atoms. The molecule has 1 heterocycles. The molecule has 0 aliphatic heterocycles. The minimum Gasteiger partial charge on any atom is -0.465 e. The molecule has 0 aliphatic rings. The number of nitrogens with one attached hydrogen (secondary N) is 1. The molecule has 3 aromatic rings. The predicted octanol–water partition coefficient (Wildman–Crippen LogP) is 2.60. The lowest BCUT2D eigenvalue weighted by atomic mass is 10.0. The van der Waals surface area contributed by atoms with Gasteiger partial charge >= 0.3 is 6.09 Å². The van der Waals surface area contributed by atoms with E-state index in [0.29, 0.717) is 29.1 Å². The van der Waals surface area contributed by atoms with Crippen LogP contribution in [0.1, 0.15) is 22.8 Å². The third kappa shape index (κ3) is 5.55. The van der Waals surface area contributed by atoms with Crippen molar-refractivity contribution in [3.63, 3.8) is 0 Å². The van der Waals surface area contributed by atoms with Gasteiger partial charge in [-0.15, -0.1) is 0 Å². The van der Waals surface area contributed by atoms with Crippen molar-refractivity contribution in [2.24, 2.45) is 0 Å². The van der Waals surface area contributed by atoms with E-state index in [0.717, 1.165) is 12.1 Å². The lowest BCUT2D eigenvalue weighted by Crippen LogP contribution is -2.49. The Kier molecular flexibility index (Phi) is 7.32. The van der Waals surface area contributed by atoms with Gasteiger partial charge in [0, 0.05) is 32.7 Å². The first-order chi connectivity index (χ1) is 15.3. The fraction of sp³-hybridized carbons (Fsp3) is 0.348. The van der Waals surface area contributed by atoms with E-state index < -0.39 is 18.2 Å². The highest BCUT2D eigenvalue weighted by Crippen LogP contribution is 2.23. The fourth-order valence-corrected chi connectivity index (χ4v) is 3.37. The monoisotopic (exact) mass is 440 g/mol. The van der Waals surface area contributed by atoms with Crippen LogP contribution in [0.3, 0.4) is 0 Å². The van der Waals surface area contributed by atoms with Crippen LogP contribution in [-0.2, 0) is 6.42 Å². The summed E-state index contributed by atoms with van der Waals surface area (Å²) in [6, 6.07) is 14.0. The molecule has 2 amide bonds. The lowest BCUT2D eigenvalue weighted by Gasteiger charge is -2.27. The predicted molar refractivity (Wildman–Crippen MR) is 121 cm³/mol. The molecule has 0 unspecified atom stereocenters. The summed E-state index contributed by atoms with van der Waals surface area (Å²) in [4.78, 5) is 31.8. The zero-order valence-corrected chi connectivity index (χ0v) is 18.4.